The number of anilines is 1. The van der Waals surface area contributed by atoms with E-state index in [1.54, 1.807) is 32.6 Å². The van der Waals surface area contributed by atoms with E-state index >= 15 is 0 Å². The Balaban J connectivity index is 1.78. The molecule has 0 atom stereocenters. The van der Waals surface area contributed by atoms with Gasteiger partial charge >= 0.3 is 0 Å². The summed E-state index contributed by atoms with van der Waals surface area (Å²) in [7, 11) is 3.20. The molecule has 5 nitrogen and oxygen atoms in total. The minimum absolute atomic E-state index is 0.125. The van der Waals surface area contributed by atoms with Crippen molar-refractivity contribution in [1.29, 1.82) is 0 Å². The maximum atomic E-state index is 13.9. The van der Waals surface area contributed by atoms with Crippen molar-refractivity contribution in [2.45, 2.75) is 13.8 Å². The van der Waals surface area contributed by atoms with Crippen LogP contribution >= 0.6 is 0 Å². The Hall–Kier alpha value is -4.06. The molecule has 0 saturated carbocycles. The number of para-hydroxylation sites is 1. The number of rotatable bonds is 6. The Morgan fingerprint density at radius 2 is 1.85 bits per heavy atom. The number of furan rings is 1. The van der Waals surface area contributed by atoms with E-state index in [1.165, 1.54) is 18.2 Å². The zero-order chi connectivity index (χ0) is 23.5. The summed E-state index contributed by atoms with van der Waals surface area (Å²) in [5.74, 6) is 0.431. The molecule has 0 aliphatic heterocycles. The van der Waals surface area contributed by atoms with Crippen LogP contribution in [0.2, 0.25) is 0 Å². The Bertz CT molecular complexity index is 1370. The lowest BCUT2D eigenvalue weighted by Crippen LogP contribution is -2.10. The van der Waals surface area contributed by atoms with Gasteiger partial charge < -0.3 is 19.2 Å². The molecule has 0 aliphatic rings. The van der Waals surface area contributed by atoms with Crippen molar-refractivity contribution in [3.05, 3.63) is 83.9 Å². The third kappa shape index (κ3) is 4.32. The molecule has 0 spiro atoms. The predicted octanol–water partition coefficient (Wildman–Crippen LogP) is 6.61. The summed E-state index contributed by atoms with van der Waals surface area (Å²) >= 11 is 0. The fraction of sp³-hybridized carbons (Fsp3) is 0.148. The van der Waals surface area contributed by atoms with Gasteiger partial charge in [-0.25, -0.2) is 4.39 Å². The highest BCUT2D eigenvalue weighted by atomic mass is 19.1. The predicted molar refractivity (Wildman–Crippen MR) is 128 cm³/mol. The summed E-state index contributed by atoms with van der Waals surface area (Å²) < 4.78 is 30.8. The second kappa shape index (κ2) is 9.20. The van der Waals surface area contributed by atoms with E-state index in [2.05, 4.69) is 5.32 Å². The lowest BCUT2D eigenvalue weighted by Gasteiger charge is -2.13. The molecule has 168 valence electrons. The molecule has 0 bridgehead atoms. The number of benzene rings is 3. The molecule has 6 heteroatoms. The van der Waals surface area contributed by atoms with Gasteiger partial charge in [-0.2, -0.15) is 0 Å². The van der Waals surface area contributed by atoms with Crippen LogP contribution in [0.4, 0.5) is 10.1 Å². The van der Waals surface area contributed by atoms with Crippen LogP contribution in [-0.4, -0.2) is 20.1 Å². The largest absolute Gasteiger partial charge is 0.497 e. The van der Waals surface area contributed by atoms with Crippen LogP contribution in [0.15, 0.2) is 71.4 Å². The molecular weight excluding hydrogens is 421 g/mol. The number of allylic oxidation sites excluding steroid dienone is 1. The number of carbonyl (C=O) groups excluding carboxylic acids is 1. The maximum Gasteiger partial charge on any atom is 0.248 e. The molecule has 0 fully saturated rings. The summed E-state index contributed by atoms with van der Waals surface area (Å²) in [5, 5.41) is 3.47. The van der Waals surface area contributed by atoms with Crippen molar-refractivity contribution in [2.24, 2.45) is 0 Å². The average Bonchev–Trinajstić information content (AvgIpc) is 3.25. The van der Waals surface area contributed by atoms with Gasteiger partial charge in [-0.05, 0) is 55.3 Å². The fourth-order valence-corrected chi connectivity index (χ4v) is 3.89. The summed E-state index contributed by atoms with van der Waals surface area (Å²) in [4.78, 5) is 12.6. The van der Waals surface area contributed by atoms with Gasteiger partial charge in [0.2, 0.25) is 5.91 Å². The molecule has 4 rings (SSSR count). The van der Waals surface area contributed by atoms with Gasteiger partial charge in [0.1, 0.15) is 22.9 Å². The first-order valence-electron chi connectivity index (χ1n) is 10.4. The van der Waals surface area contributed by atoms with E-state index in [4.69, 9.17) is 13.9 Å². The highest BCUT2D eigenvalue weighted by Crippen LogP contribution is 2.41. The first-order valence-corrected chi connectivity index (χ1v) is 10.4. The Morgan fingerprint density at radius 1 is 1.06 bits per heavy atom. The van der Waals surface area contributed by atoms with Crippen molar-refractivity contribution >= 4 is 28.1 Å². The molecular formula is C27H24FNO4. The van der Waals surface area contributed by atoms with Crippen LogP contribution in [-0.2, 0) is 4.79 Å². The number of methoxy groups -OCH3 is 2. The van der Waals surface area contributed by atoms with Gasteiger partial charge in [0, 0.05) is 28.2 Å². The van der Waals surface area contributed by atoms with Gasteiger partial charge in [0.15, 0.2) is 0 Å². The third-order valence-corrected chi connectivity index (χ3v) is 5.53. The molecule has 33 heavy (non-hydrogen) atoms. The van der Waals surface area contributed by atoms with Gasteiger partial charge in [0.05, 0.1) is 26.2 Å². The van der Waals surface area contributed by atoms with Crippen LogP contribution < -0.4 is 14.8 Å². The van der Waals surface area contributed by atoms with Gasteiger partial charge in [-0.1, -0.05) is 24.3 Å². The standard InChI is InChI=1S/C27H24FNO4/c1-16(12-25(30)29-24-11-6-5-10-23(24)28)20-14-21-22(18-8-7-9-19(13-18)31-3)15-33-27(21)17(2)26(20)32-4/h5-15H,1-4H3,(H,29,30)/b16-12+. The second-order valence-electron chi connectivity index (χ2n) is 7.64. The summed E-state index contributed by atoms with van der Waals surface area (Å²) in [6, 6.07) is 15.7. The highest BCUT2D eigenvalue weighted by molar-refractivity contribution is 6.06. The van der Waals surface area contributed by atoms with E-state index < -0.39 is 11.7 Å². The van der Waals surface area contributed by atoms with Crippen LogP contribution in [0.3, 0.4) is 0 Å². The normalized spacial score (nSPS) is 11.5. The Morgan fingerprint density at radius 3 is 2.58 bits per heavy atom. The molecule has 1 N–H and O–H groups in total. The zero-order valence-corrected chi connectivity index (χ0v) is 18.9. The second-order valence-corrected chi connectivity index (χ2v) is 7.64. The molecule has 0 aliphatic carbocycles. The van der Waals surface area contributed by atoms with Crippen LogP contribution in [0.25, 0.3) is 27.7 Å². The summed E-state index contributed by atoms with van der Waals surface area (Å²) in [6.45, 7) is 3.73. The lowest BCUT2D eigenvalue weighted by molar-refractivity contribution is -0.111. The number of carbonyl (C=O) groups is 1. The average molecular weight is 445 g/mol. The molecule has 1 heterocycles. The van der Waals surface area contributed by atoms with Crippen molar-refractivity contribution in [3.63, 3.8) is 0 Å². The first-order chi connectivity index (χ1) is 15.9. The number of amides is 1. The van der Waals surface area contributed by atoms with Crippen LogP contribution in [0.5, 0.6) is 11.5 Å². The van der Waals surface area contributed by atoms with Gasteiger partial charge in [0.25, 0.3) is 0 Å². The van der Waals surface area contributed by atoms with Gasteiger partial charge in [-0.15, -0.1) is 0 Å². The summed E-state index contributed by atoms with van der Waals surface area (Å²) in [5.41, 5.74) is 4.92. The van der Waals surface area contributed by atoms with Crippen LogP contribution in [0, 0.1) is 12.7 Å². The molecule has 0 saturated heterocycles. The van der Waals surface area contributed by atoms with Crippen molar-refractivity contribution in [1.82, 2.24) is 0 Å². The van der Waals surface area contributed by atoms with E-state index in [0.29, 0.717) is 16.9 Å². The van der Waals surface area contributed by atoms with Crippen molar-refractivity contribution in [3.8, 4) is 22.6 Å². The van der Waals surface area contributed by atoms with E-state index in [9.17, 15) is 9.18 Å². The molecule has 1 aromatic heterocycles. The zero-order valence-electron chi connectivity index (χ0n) is 18.9. The van der Waals surface area contributed by atoms with E-state index in [1.807, 2.05) is 44.2 Å². The topological polar surface area (TPSA) is 60.7 Å². The monoisotopic (exact) mass is 445 g/mol. The first kappa shape index (κ1) is 22.1. The molecule has 0 unspecified atom stereocenters. The Kier molecular flexibility index (Phi) is 6.18. The molecule has 1 amide bonds. The number of halogens is 1. The smallest absolute Gasteiger partial charge is 0.248 e. The fourth-order valence-electron chi connectivity index (χ4n) is 3.89. The highest BCUT2D eigenvalue weighted by Gasteiger charge is 2.19. The SMILES string of the molecule is COc1cccc(-c2coc3c(C)c(OC)c(/C(C)=C/C(=O)Nc4ccccc4F)cc23)c1. The van der Waals surface area contributed by atoms with E-state index in [0.717, 1.165) is 33.4 Å². The number of nitrogens with one attached hydrogen (secondary N) is 1. The lowest BCUT2D eigenvalue weighted by atomic mass is 9.96. The maximum absolute atomic E-state index is 13.9. The van der Waals surface area contributed by atoms with Crippen molar-refractivity contribution in [2.75, 3.05) is 19.5 Å². The quantitative estimate of drug-likeness (QED) is 0.339. The van der Waals surface area contributed by atoms with Gasteiger partial charge in [-0.3, -0.25) is 4.79 Å². The number of ether oxygens (including phenoxy) is 2. The number of aryl methyl sites for hydroxylation is 1. The number of hydrogen-bond acceptors (Lipinski definition) is 4. The summed E-state index contributed by atoms with van der Waals surface area (Å²) in [6.07, 6.45) is 3.14. The molecule has 0 radical (unpaired) electrons. The minimum atomic E-state index is -0.493. The van der Waals surface area contributed by atoms with Crippen LogP contribution in [0.1, 0.15) is 18.1 Å². The number of fused-ring (bicyclic) bond motifs is 1. The minimum Gasteiger partial charge on any atom is -0.497 e. The third-order valence-electron chi connectivity index (χ3n) is 5.53. The van der Waals surface area contributed by atoms with Crippen molar-refractivity contribution < 1.29 is 23.1 Å². The number of hydrogen-bond donors (Lipinski definition) is 1. The molecule has 3 aromatic carbocycles. The van der Waals surface area contributed by atoms with E-state index in [-0.39, 0.29) is 5.69 Å². The Labute approximate surface area is 191 Å². The molecule has 4 aromatic rings.